The van der Waals surface area contributed by atoms with E-state index in [2.05, 4.69) is 0 Å². The molecule has 1 unspecified atom stereocenters. The molecule has 0 saturated heterocycles. The summed E-state index contributed by atoms with van der Waals surface area (Å²) in [4.78, 5) is 29.4. The molecule has 0 saturated carbocycles. The Balaban J connectivity index is 2.14. The molecule has 1 aliphatic heterocycles. The number of anilines is 2. The molecule has 0 spiro atoms. The molecule has 6 heteroatoms. The average molecular weight is 382 g/mol. The molecule has 3 rings (SSSR count). The molecule has 1 aromatic heterocycles. The van der Waals surface area contributed by atoms with E-state index in [0.717, 1.165) is 5.69 Å². The summed E-state index contributed by atoms with van der Waals surface area (Å²) in [5, 5.41) is 10.6. The number of ketones is 1. The molecule has 0 fully saturated rings. The molecule has 1 amide bonds. The summed E-state index contributed by atoms with van der Waals surface area (Å²) < 4.78 is 5.77. The maximum absolute atomic E-state index is 13.1. The van der Waals surface area contributed by atoms with E-state index >= 15 is 0 Å². The molecule has 1 aromatic carbocycles. The highest BCUT2D eigenvalue weighted by molar-refractivity contribution is 6.17. The van der Waals surface area contributed by atoms with Crippen molar-refractivity contribution in [1.29, 1.82) is 0 Å². The molecule has 1 aliphatic rings. The van der Waals surface area contributed by atoms with Crippen molar-refractivity contribution in [3.63, 3.8) is 0 Å². The van der Waals surface area contributed by atoms with E-state index in [9.17, 15) is 14.7 Å². The van der Waals surface area contributed by atoms with E-state index in [4.69, 9.17) is 4.42 Å². The van der Waals surface area contributed by atoms with Crippen molar-refractivity contribution in [2.24, 2.45) is 5.41 Å². The van der Waals surface area contributed by atoms with Gasteiger partial charge in [0.15, 0.2) is 11.5 Å². The van der Waals surface area contributed by atoms with Gasteiger partial charge in [0.2, 0.25) is 0 Å². The van der Waals surface area contributed by atoms with Crippen LogP contribution in [-0.2, 0) is 9.59 Å². The van der Waals surface area contributed by atoms with E-state index in [1.54, 1.807) is 52.0 Å². The van der Waals surface area contributed by atoms with E-state index in [0.29, 0.717) is 17.2 Å². The summed E-state index contributed by atoms with van der Waals surface area (Å²) in [6, 6.07) is 10.1. The van der Waals surface area contributed by atoms with Crippen LogP contribution in [0.3, 0.4) is 0 Å². The minimum Gasteiger partial charge on any atom is -0.503 e. The number of Topliss-reactive ketones (excluding diaryl/α,β-unsaturated/α-hetero) is 1. The van der Waals surface area contributed by atoms with Crippen LogP contribution in [0.25, 0.3) is 0 Å². The fourth-order valence-corrected chi connectivity index (χ4v) is 3.29. The quantitative estimate of drug-likeness (QED) is 0.859. The van der Waals surface area contributed by atoms with Crippen LogP contribution in [0.2, 0.25) is 0 Å². The molecule has 1 atom stereocenters. The lowest BCUT2D eigenvalue weighted by atomic mass is 9.83. The van der Waals surface area contributed by atoms with Gasteiger partial charge >= 0.3 is 0 Å². The van der Waals surface area contributed by atoms with Crippen molar-refractivity contribution in [1.82, 2.24) is 0 Å². The van der Waals surface area contributed by atoms with Crippen molar-refractivity contribution in [3.8, 4) is 0 Å². The van der Waals surface area contributed by atoms with E-state index in [1.165, 1.54) is 4.90 Å². The molecule has 2 heterocycles. The minimum atomic E-state index is -0.807. The predicted octanol–water partition coefficient (Wildman–Crippen LogP) is 4.17. The number of nitrogens with zero attached hydrogens (tertiary/aromatic N) is 2. The van der Waals surface area contributed by atoms with Gasteiger partial charge in [-0.05, 0) is 43.3 Å². The lowest BCUT2D eigenvalue weighted by Crippen LogP contribution is -2.32. The first-order valence-corrected chi connectivity index (χ1v) is 9.17. The Labute approximate surface area is 165 Å². The zero-order valence-electron chi connectivity index (χ0n) is 17.1. The molecular weight excluding hydrogens is 356 g/mol. The molecule has 1 N–H and O–H groups in total. The van der Waals surface area contributed by atoms with Crippen molar-refractivity contribution in [2.75, 3.05) is 23.9 Å². The number of hydrogen-bond donors (Lipinski definition) is 1. The van der Waals surface area contributed by atoms with Crippen molar-refractivity contribution in [3.05, 3.63) is 59.3 Å². The lowest BCUT2D eigenvalue weighted by Gasteiger charge is -2.27. The first-order chi connectivity index (χ1) is 13.0. The van der Waals surface area contributed by atoms with Gasteiger partial charge in [0.25, 0.3) is 5.91 Å². The SMILES string of the molecule is Cc1ccc(C2C(C(=O)C(C)(C)C)=C(O)C(=O)N2c2ccc(N(C)C)cc2)o1. The number of aryl methyl sites for hydroxylation is 1. The molecule has 28 heavy (non-hydrogen) atoms. The van der Waals surface area contributed by atoms with E-state index in [1.807, 2.05) is 31.1 Å². The second-order valence-electron chi connectivity index (χ2n) is 8.28. The van der Waals surface area contributed by atoms with Gasteiger partial charge in [-0.1, -0.05) is 20.8 Å². The Bertz CT molecular complexity index is 946. The third-order valence-electron chi connectivity index (χ3n) is 4.81. The van der Waals surface area contributed by atoms with Gasteiger partial charge < -0.3 is 14.4 Å². The average Bonchev–Trinajstić information content (AvgIpc) is 3.15. The molecule has 0 bridgehead atoms. The van der Waals surface area contributed by atoms with Crippen LogP contribution in [0, 0.1) is 12.3 Å². The highest BCUT2D eigenvalue weighted by Crippen LogP contribution is 2.43. The summed E-state index contributed by atoms with van der Waals surface area (Å²) in [5.41, 5.74) is 0.874. The maximum Gasteiger partial charge on any atom is 0.294 e. The summed E-state index contributed by atoms with van der Waals surface area (Å²) >= 11 is 0. The van der Waals surface area contributed by atoms with Gasteiger partial charge in [0.05, 0.1) is 5.57 Å². The van der Waals surface area contributed by atoms with Crippen LogP contribution in [0.15, 0.2) is 52.1 Å². The standard InChI is InChI=1S/C22H26N2O4/c1-13-7-12-16(28-13)18-17(20(26)22(2,3)4)19(25)21(27)24(18)15-10-8-14(9-11-15)23(5)6/h7-12,18,25H,1-6H3. The summed E-state index contributed by atoms with van der Waals surface area (Å²) in [6.07, 6.45) is 0. The van der Waals surface area contributed by atoms with Crippen molar-refractivity contribution in [2.45, 2.75) is 33.7 Å². The molecule has 0 aliphatic carbocycles. The smallest absolute Gasteiger partial charge is 0.294 e. The minimum absolute atomic E-state index is 0.0727. The highest BCUT2D eigenvalue weighted by Gasteiger charge is 2.48. The van der Waals surface area contributed by atoms with Crippen LogP contribution in [-0.4, -0.2) is 30.9 Å². The monoisotopic (exact) mass is 382 g/mol. The van der Waals surface area contributed by atoms with Gasteiger partial charge in [-0.2, -0.15) is 0 Å². The Kier molecular flexibility index (Phi) is 4.83. The summed E-state index contributed by atoms with van der Waals surface area (Å²) in [7, 11) is 3.86. The number of rotatable bonds is 4. The van der Waals surface area contributed by atoms with Gasteiger partial charge in [-0.25, -0.2) is 0 Å². The highest BCUT2D eigenvalue weighted by atomic mass is 16.3. The largest absolute Gasteiger partial charge is 0.503 e. The molecule has 0 radical (unpaired) electrons. The van der Waals surface area contributed by atoms with Crippen molar-refractivity contribution < 1.29 is 19.1 Å². The Morgan fingerprint density at radius 3 is 2.18 bits per heavy atom. The van der Waals surface area contributed by atoms with E-state index in [-0.39, 0.29) is 11.4 Å². The number of carbonyl (C=O) groups is 2. The van der Waals surface area contributed by atoms with Gasteiger partial charge in [0.1, 0.15) is 17.6 Å². The Morgan fingerprint density at radius 2 is 1.71 bits per heavy atom. The molecule has 148 valence electrons. The topological polar surface area (TPSA) is 74.0 Å². The number of amides is 1. The van der Waals surface area contributed by atoms with Gasteiger partial charge in [0, 0.05) is 30.9 Å². The number of furan rings is 1. The van der Waals surface area contributed by atoms with Crippen LogP contribution in [0.1, 0.15) is 38.3 Å². The fraction of sp³-hybridized carbons (Fsp3) is 0.364. The lowest BCUT2D eigenvalue weighted by molar-refractivity contribution is -0.123. The third kappa shape index (κ3) is 3.30. The molecule has 2 aromatic rings. The first-order valence-electron chi connectivity index (χ1n) is 9.17. The first kappa shape index (κ1) is 19.7. The number of benzene rings is 1. The Hall–Kier alpha value is -3.02. The van der Waals surface area contributed by atoms with Crippen LogP contribution in [0.5, 0.6) is 0 Å². The van der Waals surface area contributed by atoms with Crippen LogP contribution >= 0.6 is 0 Å². The maximum atomic E-state index is 13.1. The number of carbonyl (C=O) groups excluding carboxylic acids is 2. The van der Waals surface area contributed by atoms with Crippen LogP contribution < -0.4 is 9.80 Å². The predicted molar refractivity (Wildman–Crippen MR) is 109 cm³/mol. The zero-order valence-corrected chi connectivity index (χ0v) is 17.1. The number of aliphatic hydroxyl groups is 1. The second-order valence-corrected chi connectivity index (χ2v) is 8.28. The second kappa shape index (κ2) is 6.86. The van der Waals surface area contributed by atoms with Crippen LogP contribution in [0.4, 0.5) is 11.4 Å². The molecular formula is C22H26N2O4. The summed E-state index contributed by atoms with van der Waals surface area (Å²) in [5.74, 6) is -0.303. The third-order valence-corrected chi connectivity index (χ3v) is 4.81. The summed E-state index contributed by atoms with van der Waals surface area (Å²) in [6.45, 7) is 7.09. The number of hydrogen-bond acceptors (Lipinski definition) is 5. The zero-order chi connectivity index (χ0) is 20.8. The Morgan fingerprint density at radius 1 is 1.11 bits per heavy atom. The van der Waals surface area contributed by atoms with Gasteiger partial charge in [-0.15, -0.1) is 0 Å². The normalized spacial score (nSPS) is 17.4. The fourth-order valence-electron chi connectivity index (χ4n) is 3.29. The number of aliphatic hydroxyl groups excluding tert-OH is 1. The molecule has 6 nitrogen and oxygen atoms in total. The van der Waals surface area contributed by atoms with Crippen molar-refractivity contribution >= 4 is 23.1 Å². The van der Waals surface area contributed by atoms with E-state index < -0.39 is 23.1 Å². The van der Waals surface area contributed by atoms with Gasteiger partial charge in [-0.3, -0.25) is 14.5 Å².